The van der Waals surface area contributed by atoms with Crippen LogP contribution in [0.4, 0.5) is 15.8 Å². The molecule has 234 valence electrons. The van der Waals surface area contributed by atoms with Gasteiger partial charge < -0.3 is 21.1 Å². The maximum atomic E-state index is 13.5. The molecule has 3 amide bonds. The molecule has 0 heterocycles. The van der Waals surface area contributed by atoms with Gasteiger partial charge in [0.1, 0.15) is 16.8 Å². The van der Waals surface area contributed by atoms with Crippen LogP contribution in [-0.4, -0.2) is 28.8 Å². The molecule has 0 saturated heterocycles. The van der Waals surface area contributed by atoms with Crippen molar-refractivity contribution in [1.82, 2.24) is 5.32 Å². The van der Waals surface area contributed by atoms with Crippen LogP contribution in [0.5, 0.6) is 0 Å². The van der Waals surface area contributed by atoms with E-state index in [2.05, 4.69) is 16.0 Å². The summed E-state index contributed by atoms with van der Waals surface area (Å²) in [4.78, 5) is 51.8. The van der Waals surface area contributed by atoms with Crippen molar-refractivity contribution in [2.75, 3.05) is 10.6 Å². The maximum absolute atomic E-state index is 13.5. The number of aromatic carboxylic acids is 1. The second kappa shape index (κ2) is 15.3. The molecule has 5 aromatic rings. The van der Waals surface area contributed by atoms with Gasteiger partial charge in [-0.25, -0.2) is 9.18 Å². The molecule has 0 saturated carbocycles. The van der Waals surface area contributed by atoms with Crippen molar-refractivity contribution in [2.45, 2.75) is 10.1 Å². The molecule has 47 heavy (non-hydrogen) atoms. The van der Waals surface area contributed by atoms with Crippen LogP contribution in [0.1, 0.15) is 37.1 Å². The largest absolute Gasteiger partial charge is 0.478 e. The van der Waals surface area contributed by atoms with Crippen molar-refractivity contribution < 1.29 is 28.7 Å². The molecule has 5 rings (SSSR count). The van der Waals surface area contributed by atoms with Gasteiger partial charge in [0.25, 0.3) is 11.8 Å². The fourth-order valence-electron chi connectivity index (χ4n) is 4.46. The topological polar surface area (TPSA) is 125 Å². The lowest BCUT2D eigenvalue weighted by Crippen LogP contribution is -2.30. The summed E-state index contributed by atoms with van der Waals surface area (Å²) in [5.74, 6) is -2.95. The Balaban J connectivity index is 1.32. The predicted molar refractivity (Wildman–Crippen MR) is 180 cm³/mol. The minimum absolute atomic E-state index is 0.0447. The molecule has 0 aliphatic rings. The smallest absolute Gasteiger partial charge is 0.335 e. The summed E-state index contributed by atoms with van der Waals surface area (Å²) in [6, 6.07) is 36.0. The van der Waals surface area contributed by atoms with E-state index in [9.17, 15) is 28.7 Å². The molecule has 1 unspecified atom stereocenters. The lowest BCUT2D eigenvalue weighted by molar-refractivity contribution is -0.116. The van der Waals surface area contributed by atoms with E-state index in [0.717, 1.165) is 10.5 Å². The first-order chi connectivity index (χ1) is 22.7. The number of hydrogen-bond donors (Lipinski definition) is 4. The number of carboxylic acid groups (broad SMARTS) is 1. The van der Waals surface area contributed by atoms with Crippen molar-refractivity contribution in [1.29, 1.82) is 0 Å². The number of rotatable bonds is 11. The lowest BCUT2D eigenvalue weighted by atomic mass is 10.1. The zero-order valence-electron chi connectivity index (χ0n) is 24.7. The molecule has 0 aliphatic heterocycles. The van der Waals surface area contributed by atoms with Crippen LogP contribution in [0.2, 0.25) is 0 Å². The van der Waals surface area contributed by atoms with E-state index < -0.39 is 28.9 Å². The maximum Gasteiger partial charge on any atom is 0.335 e. The normalized spacial score (nSPS) is 11.6. The molecule has 0 aromatic heterocycles. The van der Waals surface area contributed by atoms with Gasteiger partial charge >= 0.3 is 5.97 Å². The van der Waals surface area contributed by atoms with Gasteiger partial charge in [-0.15, -0.1) is 11.8 Å². The molecule has 0 radical (unpaired) electrons. The van der Waals surface area contributed by atoms with Crippen LogP contribution in [-0.2, 0) is 9.59 Å². The standard InChI is InChI=1S/C37H28FN3O5S/c38-28-16-14-24(15-17-28)22-32(41-34(42)26-10-5-2-6-11-26)35(43)39-29-18-20-31(21-19-29)47-33(25-8-3-1-4-9-25)36(44)40-30-13-7-12-27(23-30)37(45)46/h1-23,33H,(H,39,43)(H,40,44)(H,41,42)(H,45,46)/b32-22-. The molecule has 5 aromatic carbocycles. The Morgan fingerprint density at radius 1 is 0.681 bits per heavy atom. The van der Waals surface area contributed by atoms with Gasteiger partial charge in [0.2, 0.25) is 5.91 Å². The van der Waals surface area contributed by atoms with E-state index in [0.29, 0.717) is 22.5 Å². The van der Waals surface area contributed by atoms with Gasteiger partial charge in [-0.1, -0.05) is 66.7 Å². The third-order valence-corrected chi connectivity index (χ3v) is 8.06. The van der Waals surface area contributed by atoms with Crippen LogP contribution >= 0.6 is 11.8 Å². The Hall–Kier alpha value is -6.00. The van der Waals surface area contributed by atoms with E-state index in [1.165, 1.54) is 54.2 Å². The second-order valence-corrected chi connectivity index (χ2v) is 11.4. The molecular formula is C37H28FN3O5S. The number of halogens is 1. The van der Waals surface area contributed by atoms with Crippen LogP contribution in [0, 0.1) is 5.82 Å². The average Bonchev–Trinajstić information content (AvgIpc) is 3.09. The van der Waals surface area contributed by atoms with Gasteiger partial charge in [-0.3, -0.25) is 14.4 Å². The summed E-state index contributed by atoms with van der Waals surface area (Å²) in [6.45, 7) is 0. The Kier molecular flexibility index (Phi) is 10.6. The molecule has 0 bridgehead atoms. The number of carbonyl (C=O) groups excluding carboxylic acids is 3. The summed E-state index contributed by atoms with van der Waals surface area (Å²) >= 11 is 1.28. The Morgan fingerprint density at radius 3 is 1.98 bits per heavy atom. The number of nitrogens with one attached hydrogen (secondary N) is 3. The third-order valence-electron chi connectivity index (χ3n) is 6.79. The molecular weight excluding hydrogens is 617 g/mol. The van der Waals surface area contributed by atoms with Gasteiger partial charge in [-0.05, 0) is 83.9 Å². The number of benzene rings is 5. The van der Waals surface area contributed by atoms with Crippen molar-refractivity contribution >= 4 is 52.9 Å². The predicted octanol–water partition coefficient (Wildman–Crippen LogP) is 7.41. The van der Waals surface area contributed by atoms with Crippen molar-refractivity contribution in [3.05, 3.63) is 167 Å². The van der Waals surface area contributed by atoms with Crippen LogP contribution in [0.15, 0.2) is 144 Å². The summed E-state index contributed by atoms with van der Waals surface area (Å²) in [5.41, 5.74) is 2.42. The molecule has 1 atom stereocenters. The highest BCUT2D eigenvalue weighted by molar-refractivity contribution is 8.00. The van der Waals surface area contributed by atoms with E-state index in [4.69, 9.17) is 0 Å². The average molecular weight is 646 g/mol. The number of amides is 3. The fraction of sp³-hybridized carbons (Fsp3) is 0.0270. The van der Waals surface area contributed by atoms with E-state index in [-0.39, 0.29) is 17.2 Å². The minimum Gasteiger partial charge on any atom is -0.478 e. The van der Waals surface area contributed by atoms with Gasteiger partial charge in [0, 0.05) is 21.8 Å². The van der Waals surface area contributed by atoms with Crippen molar-refractivity contribution in [2.24, 2.45) is 0 Å². The second-order valence-electron chi connectivity index (χ2n) is 10.2. The third kappa shape index (κ3) is 9.03. The zero-order chi connectivity index (χ0) is 33.2. The lowest BCUT2D eigenvalue weighted by Gasteiger charge is -2.18. The molecule has 0 aliphatic carbocycles. The number of carboxylic acids is 1. The highest BCUT2D eigenvalue weighted by Crippen LogP contribution is 2.37. The summed E-state index contributed by atoms with van der Waals surface area (Å²) in [5, 5.41) is 16.9. The Labute approximate surface area is 274 Å². The highest BCUT2D eigenvalue weighted by atomic mass is 32.2. The van der Waals surface area contributed by atoms with Gasteiger partial charge in [0.15, 0.2) is 0 Å². The monoisotopic (exact) mass is 645 g/mol. The number of hydrogen-bond acceptors (Lipinski definition) is 5. The molecule has 0 spiro atoms. The summed E-state index contributed by atoms with van der Waals surface area (Å²) in [6.07, 6.45) is 1.45. The molecule has 8 nitrogen and oxygen atoms in total. The Morgan fingerprint density at radius 2 is 1.32 bits per heavy atom. The van der Waals surface area contributed by atoms with Crippen LogP contribution in [0.3, 0.4) is 0 Å². The summed E-state index contributed by atoms with van der Waals surface area (Å²) < 4.78 is 13.5. The first-order valence-corrected chi connectivity index (χ1v) is 15.2. The SMILES string of the molecule is O=C(Nc1ccc(SC(C(=O)Nc2cccc(C(=O)O)c2)c2ccccc2)cc1)/C(=C/c1ccc(F)cc1)NC(=O)c1ccccc1. The molecule has 4 N–H and O–H groups in total. The quantitative estimate of drug-likeness (QED) is 0.0876. The number of thioether (sulfide) groups is 1. The van der Waals surface area contributed by atoms with E-state index >= 15 is 0 Å². The van der Waals surface area contributed by atoms with E-state index in [1.807, 2.05) is 30.3 Å². The molecule has 0 fully saturated rings. The number of anilines is 2. The van der Waals surface area contributed by atoms with E-state index in [1.54, 1.807) is 66.7 Å². The van der Waals surface area contributed by atoms with Crippen LogP contribution < -0.4 is 16.0 Å². The first-order valence-electron chi connectivity index (χ1n) is 14.4. The highest BCUT2D eigenvalue weighted by Gasteiger charge is 2.23. The summed E-state index contributed by atoms with van der Waals surface area (Å²) in [7, 11) is 0. The van der Waals surface area contributed by atoms with Gasteiger partial charge in [0.05, 0.1) is 5.56 Å². The zero-order valence-corrected chi connectivity index (χ0v) is 25.5. The minimum atomic E-state index is -1.10. The van der Waals surface area contributed by atoms with Crippen LogP contribution in [0.25, 0.3) is 6.08 Å². The number of carbonyl (C=O) groups is 4. The van der Waals surface area contributed by atoms with Gasteiger partial charge in [-0.2, -0.15) is 0 Å². The fourth-order valence-corrected chi connectivity index (χ4v) is 5.48. The molecule has 10 heteroatoms. The van der Waals surface area contributed by atoms with Crippen molar-refractivity contribution in [3.8, 4) is 0 Å². The Bertz CT molecular complexity index is 1920. The first kappa shape index (κ1) is 32.4. The van der Waals surface area contributed by atoms with Crippen molar-refractivity contribution in [3.63, 3.8) is 0 Å².